The number of rotatable bonds is 4. The number of aliphatic hydroxyl groups is 2. The molecule has 1 unspecified atom stereocenters. The number of fused-ring (bicyclic) bond motifs is 3. The lowest BCUT2D eigenvalue weighted by Crippen LogP contribution is -2.58. The van der Waals surface area contributed by atoms with Crippen LogP contribution >= 0.6 is 27.5 Å². The summed E-state index contributed by atoms with van der Waals surface area (Å²) in [6, 6.07) is 11.9. The molecule has 2 aliphatic carbocycles. The fourth-order valence-electron chi connectivity index (χ4n) is 7.06. The Morgan fingerprint density at radius 1 is 1.24 bits per heavy atom. The fraction of sp³-hybridized carbons (Fsp3) is 0.483. The van der Waals surface area contributed by atoms with Crippen LogP contribution in [-0.4, -0.2) is 63.6 Å². The topological polar surface area (TPSA) is 75.1 Å². The summed E-state index contributed by atoms with van der Waals surface area (Å²) in [4.78, 5) is 6.94. The van der Waals surface area contributed by atoms with E-state index in [0.29, 0.717) is 42.6 Å². The lowest BCUT2D eigenvalue weighted by atomic mass is 9.66. The number of pyridine rings is 1. The highest BCUT2D eigenvalue weighted by Crippen LogP contribution is 2.67. The second-order valence-corrected chi connectivity index (χ2v) is 12.6. The molecule has 1 saturated carbocycles. The average molecular weight is 588 g/mol. The van der Waals surface area contributed by atoms with E-state index in [2.05, 4.69) is 63.9 Å². The summed E-state index contributed by atoms with van der Waals surface area (Å²) >= 11 is 9.90. The van der Waals surface area contributed by atoms with Crippen molar-refractivity contribution in [1.82, 2.24) is 9.88 Å². The zero-order valence-electron chi connectivity index (χ0n) is 21.0. The van der Waals surface area contributed by atoms with Crippen LogP contribution in [0.3, 0.4) is 0 Å². The molecule has 1 aromatic heterocycles. The van der Waals surface area contributed by atoms with Gasteiger partial charge in [0, 0.05) is 53.1 Å². The van der Waals surface area contributed by atoms with Crippen molar-refractivity contribution in [3.8, 4) is 5.75 Å². The summed E-state index contributed by atoms with van der Waals surface area (Å²) in [6.07, 6.45) is 7.24. The highest BCUT2D eigenvalue weighted by molar-refractivity contribution is 9.11. The molecule has 3 heterocycles. The van der Waals surface area contributed by atoms with E-state index in [-0.39, 0.29) is 23.3 Å². The molecule has 2 aromatic rings. The minimum Gasteiger partial charge on any atom is -0.480 e. The summed E-state index contributed by atoms with van der Waals surface area (Å²) in [7, 11) is 0. The second kappa shape index (κ2) is 9.18. The van der Waals surface area contributed by atoms with E-state index >= 15 is 0 Å². The van der Waals surface area contributed by atoms with Crippen molar-refractivity contribution in [3.05, 3.63) is 81.6 Å². The summed E-state index contributed by atoms with van der Waals surface area (Å²) in [5.74, 6) is -0.421. The summed E-state index contributed by atoms with van der Waals surface area (Å²) < 4.78 is 13.7. The summed E-state index contributed by atoms with van der Waals surface area (Å²) in [6.45, 7) is 6.93. The van der Waals surface area contributed by atoms with Crippen LogP contribution in [0.4, 0.5) is 0 Å². The predicted octanol–water partition coefficient (Wildman–Crippen LogP) is 4.79. The Morgan fingerprint density at radius 2 is 2.03 bits per heavy atom. The van der Waals surface area contributed by atoms with Crippen molar-refractivity contribution in [1.29, 1.82) is 0 Å². The van der Waals surface area contributed by atoms with Crippen LogP contribution in [-0.2, 0) is 10.3 Å². The third kappa shape index (κ3) is 3.77. The molecular formula is C29H32BrClN2O4. The van der Waals surface area contributed by atoms with Gasteiger partial charge < -0.3 is 19.7 Å². The van der Waals surface area contributed by atoms with E-state index in [0.717, 1.165) is 16.6 Å². The van der Waals surface area contributed by atoms with E-state index in [9.17, 15) is 10.2 Å². The first kappa shape index (κ1) is 25.5. The second-order valence-electron chi connectivity index (χ2n) is 11.3. The zero-order valence-corrected chi connectivity index (χ0v) is 23.3. The van der Waals surface area contributed by atoms with Crippen molar-refractivity contribution < 1.29 is 19.7 Å². The van der Waals surface area contributed by atoms with Crippen molar-refractivity contribution >= 4 is 27.5 Å². The van der Waals surface area contributed by atoms with E-state index in [1.807, 2.05) is 24.3 Å². The molecule has 196 valence electrons. The van der Waals surface area contributed by atoms with Crippen molar-refractivity contribution in [3.63, 3.8) is 0 Å². The summed E-state index contributed by atoms with van der Waals surface area (Å²) in [5.41, 5.74) is -1.74. The van der Waals surface area contributed by atoms with E-state index in [4.69, 9.17) is 21.1 Å². The van der Waals surface area contributed by atoms with Gasteiger partial charge >= 0.3 is 0 Å². The predicted molar refractivity (Wildman–Crippen MR) is 146 cm³/mol. The molecule has 6 atom stereocenters. The number of hydrogen-bond donors (Lipinski definition) is 2. The Bertz CT molecular complexity index is 1250. The molecule has 6 rings (SSSR count). The molecule has 37 heavy (non-hydrogen) atoms. The Labute approximate surface area is 231 Å². The Balaban J connectivity index is 1.55. The molecule has 1 aromatic carbocycles. The molecule has 6 nitrogen and oxygen atoms in total. The molecule has 2 fully saturated rings. The first-order chi connectivity index (χ1) is 17.7. The largest absolute Gasteiger partial charge is 0.480 e. The van der Waals surface area contributed by atoms with Gasteiger partial charge in [-0.15, -0.1) is 0 Å². The molecule has 0 radical (unpaired) electrons. The Morgan fingerprint density at radius 3 is 2.73 bits per heavy atom. The zero-order chi connectivity index (χ0) is 26.0. The highest BCUT2D eigenvalue weighted by atomic mass is 79.9. The molecule has 0 bridgehead atoms. The van der Waals surface area contributed by atoms with Gasteiger partial charge in [0.15, 0.2) is 11.2 Å². The van der Waals surface area contributed by atoms with Crippen LogP contribution < -0.4 is 4.74 Å². The third-order valence-corrected chi connectivity index (χ3v) is 9.59. The van der Waals surface area contributed by atoms with Gasteiger partial charge in [-0.2, -0.15) is 0 Å². The minimum atomic E-state index is -1.73. The number of hydrogen-bond acceptors (Lipinski definition) is 6. The van der Waals surface area contributed by atoms with Gasteiger partial charge in [-0.05, 0) is 25.8 Å². The maximum atomic E-state index is 12.8. The van der Waals surface area contributed by atoms with Crippen LogP contribution in [0.2, 0.25) is 5.02 Å². The van der Waals surface area contributed by atoms with Crippen LogP contribution in [0.25, 0.3) is 0 Å². The quantitative estimate of drug-likeness (QED) is 0.536. The number of halogens is 2. The lowest BCUT2D eigenvalue weighted by Gasteiger charge is -2.46. The van der Waals surface area contributed by atoms with E-state index < -0.39 is 17.3 Å². The first-order valence-corrected chi connectivity index (χ1v) is 14.0. The number of morpholine rings is 1. The van der Waals surface area contributed by atoms with Gasteiger partial charge in [0.1, 0.15) is 11.4 Å². The Hall–Kier alpha value is -1.74. The molecule has 1 saturated heterocycles. The van der Waals surface area contributed by atoms with E-state index in [1.54, 1.807) is 6.07 Å². The normalized spacial score (nSPS) is 36.5. The van der Waals surface area contributed by atoms with Gasteiger partial charge in [-0.1, -0.05) is 76.1 Å². The first-order valence-electron chi connectivity index (χ1n) is 12.9. The number of allylic oxidation sites excluding steroid dienone is 3. The Kier molecular flexibility index (Phi) is 6.33. The molecule has 4 aliphatic rings. The third-order valence-electron chi connectivity index (χ3n) is 8.79. The van der Waals surface area contributed by atoms with E-state index in [1.165, 1.54) is 6.20 Å². The smallest absolute Gasteiger partial charge is 0.177 e. The molecular weight excluding hydrogens is 556 g/mol. The monoisotopic (exact) mass is 586 g/mol. The van der Waals surface area contributed by atoms with Gasteiger partial charge in [0.2, 0.25) is 0 Å². The number of nitrogens with zero attached hydrogens (tertiary/aromatic N) is 2. The molecule has 0 spiro atoms. The highest BCUT2D eigenvalue weighted by Gasteiger charge is 2.77. The van der Waals surface area contributed by atoms with Crippen LogP contribution in [0.5, 0.6) is 5.75 Å². The number of aliphatic hydroxyl groups excluding tert-OH is 1. The number of benzene rings is 1. The van der Waals surface area contributed by atoms with Crippen molar-refractivity contribution in [2.75, 3.05) is 26.3 Å². The van der Waals surface area contributed by atoms with Gasteiger partial charge in [0.05, 0.1) is 24.3 Å². The maximum absolute atomic E-state index is 12.8. The van der Waals surface area contributed by atoms with Crippen molar-refractivity contribution in [2.45, 2.75) is 49.0 Å². The van der Waals surface area contributed by atoms with Gasteiger partial charge in [-0.25, -0.2) is 0 Å². The van der Waals surface area contributed by atoms with Crippen LogP contribution in [0.1, 0.15) is 37.4 Å². The molecule has 8 heteroatoms. The number of ether oxygens (including phenoxy) is 2. The molecule has 2 aliphatic heterocycles. The summed E-state index contributed by atoms with van der Waals surface area (Å²) in [5, 5.41) is 25.4. The maximum Gasteiger partial charge on any atom is 0.177 e. The number of aromatic nitrogens is 1. The minimum absolute atomic E-state index is 0.199. The molecule has 2 N–H and O–H groups in total. The van der Waals surface area contributed by atoms with Crippen LogP contribution in [0.15, 0.2) is 65.3 Å². The average Bonchev–Trinajstić information content (AvgIpc) is 3.23. The fourth-order valence-corrected chi connectivity index (χ4v) is 7.54. The van der Waals surface area contributed by atoms with Crippen LogP contribution in [0, 0.1) is 11.8 Å². The lowest BCUT2D eigenvalue weighted by molar-refractivity contribution is -0.165. The SMILES string of the molecule is CC1(C)COCCN1C[C@H]1[C@@H](O)[C@@]2(O)c3ncc(Cl)cc3O[C@@]2(C2C=CC(Br)=CC2)[C@@H]1c1ccccc1. The van der Waals surface area contributed by atoms with Gasteiger partial charge in [-0.3, -0.25) is 9.88 Å². The molecule has 0 amide bonds. The standard InChI is InChI=1S/C29H32BrClN2O4/c1-27(2)17-36-13-12-33(27)16-22-24(18-6-4-3-5-7-18)29(19-8-10-20(30)11-9-19)28(35,26(22)34)25-23(37-29)14-21(31)15-32-25/h3-8,10-11,14-15,19,22,24,26,34-35H,9,12-13,16-17H2,1-2H3/t19?,22-,24-,26-,28+,29+/m1/s1. The van der Waals surface area contributed by atoms with Gasteiger partial charge in [0.25, 0.3) is 0 Å². The van der Waals surface area contributed by atoms with Crippen molar-refractivity contribution in [2.24, 2.45) is 11.8 Å².